The summed E-state index contributed by atoms with van der Waals surface area (Å²) in [5.74, 6) is 1.60. The van der Waals surface area contributed by atoms with Crippen LogP contribution in [-0.4, -0.2) is 3.81 Å². The molecule has 3 fully saturated rings. The first-order valence-corrected chi connectivity index (χ1v) is 16.0. The Labute approximate surface area is 261 Å². The number of halogens is 2. The molecule has 0 radical (unpaired) electrons. The van der Waals surface area contributed by atoms with Gasteiger partial charge in [-0.3, -0.25) is 6.08 Å². The third kappa shape index (κ3) is 9.23. The first-order chi connectivity index (χ1) is 18.3. The number of allylic oxidation sites excluding steroid dienone is 4. The Hall–Kier alpha value is -1.05. The fraction of sp³-hybridized carbons (Fsp3) is 0.500. The van der Waals surface area contributed by atoms with E-state index in [0.717, 1.165) is 18.3 Å². The quantitative estimate of drug-likeness (QED) is 0.296. The van der Waals surface area contributed by atoms with Gasteiger partial charge in [0, 0.05) is 0 Å². The Kier molecular flexibility index (Phi) is 14.2. The van der Waals surface area contributed by atoms with Crippen LogP contribution in [0.3, 0.4) is 0 Å². The summed E-state index contributed by atoms with van der Waals surface area (Å²) < 4.78 is 1.71. The van der Waals surface area contributed by atoms with Crippen molar-refractivity contribution in [3.8, 4) is 0 Å². The zero-order chi connectivity index (χ0) is 25.3. The van der Waals surface area contributed by atoms with Gasteiger partial charge in [0.15, 0.2) is 0 Å². The van der Waals surface area contributed by atoms with Crippen LogP contribution < -0.4 is 24.8 Å². The third-order valence-corrected chi connectivity index (χ3v) is 9.73. The zero-order valence-electron chi connectivity index (χ0n) is 23.5. The van der Waals surface area contributed by atoms with E-state index in [1.165, 1.54) is 118 Å². The van der Waals surface area contributed by atoms with E-state index in [0.29, 0.717) is 0 Å². The van der Waals surface area contributed by atoms with Gasteiger partial charge in [-0.2, -0.15) is 6.08 Å². The van der Waals surface area contributed by atoms with Gasteiger partial charge in [0.1, 0.15) is 0 Å². The minimum absolute atomic E-state index is 0. The van der Waals surface area contributed by atoms with Gasteiger partial charge < -0.3 is 24.8 Å². The van der Waals surface area contributed by atoms with Gasteiger partial charge in [0.05, 0.1) is 0 Å². The summed E-state index contributed by atoms with van der Waals surface area (Å²) in [6.07, 6.45) is 31.2. The normalized spacial score (nSPS) is 19.5. The van der Waals surface area contributed by atoms with E-state index in [1.54, 1.807) is 14.9 Å². The number of rotatable bonds is 2. The van der Waals surface area contributed by atoms with E-state index < -0.39 is 0 Å². The molecule has 3 aromatic rings. The summed E-state index contributed by atoms with van der Waals surface area (Å²) >= 11 is 2.28. The molecule has 3 aromatic carbocycles. The van der Waals surface area contributed by atoms with Crippen molar-refractivity contribution < 1.29 is 44.8 Å². The SMILES string of the molecule is [C-]1=CC=CC1.[Cl-].[Cl-].[Ti+2]=[C]1CCCCC1.c1cc2c(cc1C1CCCCC1)[cH-]c1cc(C3CCCCC3)ccc12. The molecule has 3 saturated carbocycles. The van der Waals surface area contributed by atoms with Crippen molar-refractivity contribution in [2.24, 2.45) is 0 Å². The van der Waals surface area contributed by atoms with Crippen molar-refractivity contribution >= 4 is 25.4 Å². The predicted octanol–water partition coefficient (Wildman–Crippen LogP) is 4.79. The minimum Gasteiger partial charge on any atom is -0.126 e. The molecule has 208 valence electrons. The van der Waals surface area contributed by atoms with Crippen LogP contribution in [0.4, 0.5) is 0 Å². The molecule has 0 aromatic heterocycles. The van der Waals surface area contributed by atoms with E-state index in [-0.39, 0.29) is 24.8 Å². The number of fused-ring (bicyclic) bond motifs is 3. The average molecular weight is 596 g/mol. The summed E-state index contributed by atoms with van der Waals surface area (Å²) in [6.45, 7) is 0. The maximum atomic E-state index is 2.99. The molecule has 0 N–H and O–H groups in total. The molecule has 3 heteroatoms. The maximum absolute atomic E-state index is 2.99. The molecular weight excluding hydrogens is 551 g/mol. The van der Waals surface area contributed by atoms with Gasteiger partial charge in [-0.25, -0.2) is 12.2 Å². The second-order valence-electron chi connectivity index (χ2n) is 11.7. The second kappa shape index (κ2) is 17.0. The summed E-state index contributed by atoms with van der Waals surface area (Å²) in [5, 5.41) is 5.81. The Morgan fingerprint density at radius 2 is 1.13 bits per heavy atom. The number of hydrogen-bond donors (Lipinski definition) is 0. The molecule has 0 aliphatic heterocycles. The van der Waals surface area contributed by atoms with Crippen molar-refractivity contribution in [1.29, 1.82) is 0 Å². The molecule has 0 unspecified atom stereocenters. The Morgan fingerprint density at radius 1 is 0.641 bits per heavy atom. The fourth-order valence-corrected chi connectivity index (χ4v) is 7.31. The van der Waals surface area contributed by atoms with Crippen LogP contribution in [0.5, 0.6) is 0 Å². The summed E-state index contributed by atoms with van der Waals surface area (Å²) in [6, 6.07) is 17.0. The number of hydrogen-bond acceptors (Lipinski definition) is 0. The van der Waals surface area contributed by atoms with Crippen LogP contribution in [0.15, 0.2) is 60.7 Å². The monoisotopic (exact) mass is 594 g/mol. The standard InChI is InChI=1S/C25H29.C6H10.C5H5.2ClH.Ti/c1-3-7-18(8-4-1)20-11-13-24-22(15-20)17-23-16-21(12-14-25(23)24)19-9-5-2-6-10-19;1-2-4-6-5-3-1;1-2-4-5-3-1;;;/h11-19H,1-10H2;1-5H2;1-3H,4H2;2*1H;/q-1;;-1;;;+2/p-2. The molecular formula is C36H44Cl2Ti-2. The first kappa shape index (κ1) is 32.5. The molecule has 0 atom stereocenters. The van der Waals surface area contributed by atoms with Crippen LogP contribution in [-0.2, 0) is 20.0 Å². The van der Waals surface area contributed by atoms with E-state index in [4.69, 9.17) is 0 Å². The summed E-state index contributed by atoms with van der Waals surface area (Å²) in [4.78, 5) is 0. The molecule has 4 aliphatic carbocycles. The van der Waals surface area contributed by atoms with Gasteiger partial charge in [0.25, 0.3) is 0 Å². The van der Waals surface area contributed by atoms with Crippen molar-refractivity contribution in [1.82, 2.24) is 0 Å². The van der Waals surface area contributed by atoms with Crippen molar-refractivity contribution in [3.05, 3.63) is 77.9 Å². The minimum atomic E-state index is 0. The molecule has 0 spiro atoms. The molecule has 4 aliphatic rings. The molecule has 0 amide bonds. The predicted molar refractivity (Wildman–Crippen MR) is 158 cm³/mol. The Bertz CT molecular complexity index is 1130. The van der Waals surface area contributed by atoms with Gasteiger partial charge >= 0.3 is 55.9 Å². The topological polar surface area (TPSA) is 0 Å². The summed E-state index contributed by atoms with van der Waals surface area (Å²) in [5.41, 5.74) is 3.16. The Morgan fingerprint density at radius 3 is 1.49 bits per heavy atom. The molecule has 0 bridgehead atoms. The van der Waals surface area contributed by atoms with Gasteiger partial charge in [-0.05, 0) is 37.5 Å². The summed E-state index contributed by atoms with van der Waals surface area (Å²) in [7, 11) is 0. The molecule has 7 rings (SSSR count). The van der Waals surface area contributed by atoms with Crippen LogP contribution in [0.25, 0.3) is 21.5 Å². The van der Waals surface area contributed by atoms with Crippen LogP contribution >= 0.6 is 0 Å². The fourth-order valence-electron chi connectivity index (χ4n) is 6.76. The average Bonchev–Trinajstić information content (AvgIpc) is 3.66. The van der Waals surface area contributed by atoms with Gasteiger partial charge in [0.2, 0.25) is 0 Å². The van der Waals surface area contributed by atoms with Crippen LogP contribution in [0.1, 0.15) is 126 Å². The third-order valence-electron chi connectivity index (χ3n) is 8.95. The van der Waals surface area contributed by atoms with E-state index in [2.05, 4.69) is 74.6 Å². The van der Waals surface area contributed by atoms with Crippen molar-refractivity contribution in [2.45, 2.75) is 115 Å². The van der Waals surface area contributed by atoms with Crippen molar-refractivity contribution in [2.75, 3.05) is 0 Å². The molecule has 0 heterocycles. The largest absolute Gasteiger partial charge is 0.126 e. The van der Waals surface area contributed by atoms with Crippen LogP contribution in [0.2, 0.25) is 0 Å². The van der Waals surface area contributed by atoms with E-state index in [1.807, 2.05) is 12.2 Å². The second-order valence-corrected chi connectivity index (χ2v) is 12.8. The molecule has 0 saturated heterocycles. The zero-order valence-corrected chi connectivity index (χ0v) is 26.6. The van der Waals surface area contributed by atoms with Gasteiger partial charge in [-0.1, -0.05) is 73.9 Å². The molecule has 0 nitrogen and oxygen atoms in total. The van der Waals surface area contributed by atoms with E-state index in [9.17, 15) is 0 Å². The maximum Gasteiger partial charge on any atom is -0.0232 e. The van der Waals surface area contributed by atoms with E-state index >= 15 is 0 Å². The van der Waals surface area contributed by atoms with Gasteiger partial charge in [-0.15, -0.1) is 46.2 Å². The number of benzene rings is 2. The van der Waals surface area contributed by atoms with Crippen molar-refractivity contribution in [3.63, 3.8) is 0 Å². The van der Waals surface area contributed by atoms with Crippen LogP contribution in [0, 0.1) is 6.08 Å². The Balaban J connectivity index is 0.000000250. The smallest absolute Gasteiger partial charge is 0.0232 e. The molecule has 39 heavy (non-hydrogen) atoms. The first-order valence-electron chi connectivity index (χ1n) is 15.2.